The van der Waals surface area contributed by atoms with Gasteiger partial charge in [-0.3, -0.25) is 0 Å². The van der Waals surface area contributed by atoms with Crippen molar-refractivity contribution < 1.29 is 34.8 Å². The summed E-state index contributed by atoms with van der Waals surface area (Å²) in [6.45, 7) is 2.39. The van der Waals surface area contributed by atoms with Gasteiger partial charge in [0.15, 0.2) is 11.2 Å². The van der Waals surface area contributed by atoms with Crippen molar-refractivity contribution in [2.75, 3.05) is 13.2 Å². The Morgan fingerprint density at radius 2 is 1.00 bits per heavy atom. The van der Waals surface area contributed by atoms with E-state index in [0.29, 0.717) is 12.8 Å². The fraction of sp³-hybridized carbons (Fsp3) is 0.900. The Labute approximate surface area is 162 Å². The Hall–Kier alpha value is -1.02. The highest BCUT2D eigenvalue weighted by Crippen LogP contribution is 2.22. The molecule has 0 fully saturated rings. The molecule has 0 rings (SSSR count). The molecule has 0 aliphatic carbocycles. The SMILES string of the molecule is CCCCCCCC(O)(CO)C(=O)OC(=O)C(O)(CO)CCCCCCC. The van der Waals surface area contributed by atoms with Gasteiger partial charge in [0.2, 0.25) is 0 Å². The average Bonchev–Trinajstić information content (AvgIpc) is 2.67. The van der Waals surface area contributed by atoms with Gasteiger partial charge in [-0.25, -0.2) is 9.59 Å². The average molecular weight is 391 g/mol. The van der Waals surface area contributed by atoms with Gasteiger partial charge in [0.05, 0.1) is 13.2 Å². The molecule has 0 saturated carbocycles. The molecule has 0 aliphatic heterocycles. The topological polar surface area (TPSA) is 124 Å². The number of ether oxygens (including phenoxy) is 1. The number of aliphatic hydroxyl groups excluding tert-OH is 2. The number of unbranched alkanes of at least 4 members (excludes halogenated alkanes) is 8. The molecule has 0 spiro atoms. The highest BCUT2D eigenvalue weighted by molar-refractivity contribution is 5.94. The van der Waals surface area contributed by atoms with Crippen molar-refractivity contribution in [3.8, 4) is 0 Å². The second kappa shape index (κ2) is 14.0. The molecular weight excluding hydrogens is 352 g/mol. The molecule has 0 radical (unpaired) electrons. The molecule has 0 heterocycles. The zero-order valence-corrected chi connectivity index (χ0v) is 16.9. The summed E-state index contributed by atoms with van der Waals surface area (Å²) in [5.74, 6) is -2.58. The fourth-order valence-electron chi connectivity index (χ4n) is 2.81. The maximum absolute atomic E-state index is 12.2. The summed E-state index contributed by atoms with van der Waals surface area (Å²) in [6.07, 6.45) is 8.61. The molecule has 0 aromatic carbocycles. The normalized spacial score (nSPS) is 15.8. The van der Waals surface area contributed by atoms with Crippen LogP contribution >= 0.6 is 0 Å². The highest BCUT2D eigenvalue weighted by atomic mass is 16.6. The van der Waals surface area contributed by atoms with E-state index in [4.69, 9.17) is 0 Å². The molecule has 160 valence electrons. The van der Waals surface area contributed by atoms with Crippen LogP contribution in [0.1, 0.15) is 90.9 Å². The van der Waals surface area contributed by atoms with Gasteiger partial charge in [-0.05, 0) is 25.7 Å². The van der Waals surface area contributed by atoms with Crippen LogP contribution in [0, 0.1) is 0 Å². The van der Waals surface area contributed by atoms with E-state index in [1.54, 1.807) is 0 Å². The van der Waals surface area contributed by atoms with Crippen molar-refractivity contribution in [1.82, 2.24) is 0 Å². The molecule has 7 heteroatoms. The van der Waals surface area contributed by atoms with Gasteiger partial charge in [-0.15, -0.1) is 0 Å². The zero-order chi connectivity index (χ0) is 20.8. The van der Waals surface area contributed by atoms with Crippen LogP contribution in [0.4, 0.5) is 0 Å². The summed E-state index contributed by atoms with van der Waals surface area (Å²) in [4.78, 5) is 24.3. The minimum absolute atomic E-state index is 0.0338. The van der Waals surface area contributed by atoms with Crippen molar-refractivity contribution in [3.63, 3.8) is 0 Å². The van der Waals surface area contributed by atoms with E-state index in [-0.39, 0.29) is 12.8 Å². The first-order valence-corrected chi connectivity index (χ1v) is 10.2. The summed E-state index contributed by atoms with van der Waals surface area (Å²) in [7, 11) is 0. The number of rotatable bonds is 16. The predicted octanol–water partition coefficient (Wildman–Crippen LogP) is 2.22. The maximum Gasteiger partial charge on any atom is 0.348 e. The number of carbonyl (C=O) groups excluding carboxylic acids is 2. The van der Waals surface area contributed by atoms with Gasteiger partial charge < -0.3 is 25.2 Å². The highest BCUT2D eigenvalue weighted by Gasteiger charge is 2.43. The number of esters is 2. The third-order valence-electron chi connectivity index (χ3n) is 4.86. The Morgan fingerprint density at radius 1 is 0.667 bits per heavy atom. The molecule has 0 amide bonds. The molecule has 0 aromatic rings. The van der Waals surface area contributed by atoms with Crippen LogP contribution in [0.3, 0.4) is 0 Å². The van der Waals surface area contributed by atoms with Gasteiger partial charge in [0.1, 0.15) is 0 Å². The van der Waals surface area contributed by atoms with Crippen LogP contribution in [0.5, 0.6) is 0 Å². The van der Waals surface area contributed by atoms with E-state index >= 15 is 0 Å². The van der Waals surface area contributed by atoms with E-state index in [1.807, 2.05) is 0 Å². The summed E-state index contributed by atoms with van der Waals surface area (Å²) >= 11 is 0. The standard InChI is InChI=1S/C20H38O7/c1-3-5-7-9-11-13-19(25,15-21)17(23)27-18(24)20(26,16-22)14-12-10-8-6-4-2/h21-22,25-26H,3-16H2,1-2H3. The Balaban J connectivity index is 4.62. The molecule has 2 atom stereocenters. The van der Waals surface area contributed by atoms with Crippen molar-refractivity contribution in [3.05, 3.63) is 0 Å². The number of carbonyl (C=O) groups is 2. The van der Waals surface area contributed by atoms with Gasteiger partial charge in [0, 0.05) is 0 Å². The molecule has 4 N–H and O–H groups in total. The van der Waals surface area contributed by atoms with Crippen LogP contribution in [0.15, 0.2) is 0 Å². The minimum atomic E-state index is -2.18. The molecule has 0 bridgehead atoms. The molecule has 0 aromatic heterocycles. The van der Waals surface area contributed by atoms with E-state index in [1.165, 1.54) is 0 Å². The van der Waals surface area contributed by atoms with Crippen LogP contribution in [-0.4, -0.2) is 56.8 Å². The lowest BCUT2D eigenvalue weighted by molar-refractivity contribution is -0.190. The van der Waals surface area contributed by atoms with Gasteiger partial charge in [-0.2, -0.15) is 0 Å². The largest absolute Gasteiger partial charge is 0.393 e. The summed E-state index contributed by atoms with van der Waals surface area (Å²) in [5, 5.41) is 39.3. The van der Waals surface area contributed by atoms with Gasteiger partial charge in [0.25, 0.3) is 0 Å². The van der Waals surface area contributed by atoms with Crippen LogP contribution in [0.2, 0.25) is 0 Å². The van der Waals surface area contributed by atoms with Crippen molar-refractivity contribution in [1.29, 1.82) is 0 Å². The summed E-state index contributed by atoms with van der Waals surface area (Å²) < 4.78 is 4.62. The lowest BCUT2D eigenvalue weighted by atomic mass is 9.95. The van der Waals surface area contributed by atoms with Crippen molar-refractivity contribution >= 4 is 11.9 Å². The monoisotopic (exact) mass is 390 g/mol. The van der Waals surface area contributed by atoms with Gasteiger partial charge >= 0.3 is 11.9 Å². The smallest absolute Gasteiger partial charge is 0.348 e. The lowest BCUT2D eigenvalue weighted by Gasteiger charge is -2.27. The number of hydrogen-bond acceptors (Lipinski definition) is 7. The van der Waals surface area contributed by atoms with Crippen LogP contribution < -0.4 is 0 Å². The molecule has 0 saturated heterocycles. The molecule has 7 nitrogen and oxygen atoms in total. The van der Waals surface area contributed by atoms with E-state index in [9.17, 15) is 30.0 Å². The number of hydrogen-bond donors (Lipinski definition) is 4. The molecule has 2 unspecified atom stereocenters. The number of aliphatic hydroxyl groups is 4. The first-order valence-electron chi connectivity index (χ1n) is 10.2. The van der Waals surface area contributed by atoms with E-state index < -0.39 is 36.4 Å². The van der Waals surface area contributed by atoms with E-state index in [2.05, 4.69) is 18.6 Å². The third-order valence-corrected chi connectivity index (χ3v) is 4.86. The fourth-order valence-corrected chi connectivity index (χ4v) is 2.81. The maximum atomic E-state index is 12.2. The first kappa shape index (κ1) is 26.0. The van der Waals surface area contributed by atoms with Crippen molar-refractivity contribution in [2.24, 2.45) is 0 Å². The molecule has 27 heavy (non-hydrogen) atoms. The Morgan fingerprint density at radius 3 is 1.30 bits per heavy atom. The van der Waals surface area contributed by atoms with Crippen LogP contribution in [-0.2, 0) is 14.3 Å². The summed E-state index contributed by atoms with van der Waals surface area (Å²) in [6, 6.07) is 0. The van der Waals surface area contributed by atoms with Gasteiger partial charge in [-0.1, -0.05) is 65.2 Å². The van der Waals surface area contributed by atoms with Crippen LogP contribution in [0.25, 0.3) is 0 Å². The predicted molar refractivity (Wildman–Crippen MR) is 102 cm³/mol. The summed E-state index contributed by atoms with van der Waals surface area (Å²) in [5.41, 5.74) is -4.36. The Kier molecular flexibility index (Phi) is 13.5. The minimum Gasteiger partial charge on any atom is -0.393 e. The molecular formula is C20H38O7. The lowest BCUT2D eigenvalue weighted by Crippen LogP contribution is -2.50. The van der Waals surface area contributed by atoms with Crippen molar-refractivity contribution in [2.45, 2.75) is 102 Å². The second-order valence-corrected chi connectivity index (χ2v) is 7.38. The Bertz CT molecular complexity index is 389. The second-order valence-electron chi connectivity index (χ2n) is 7.38. The quantitative estimate of drug-likeness (QED) is 0.181. The first-order chi connectivity index (χ1) is 12.8. The zero-order valence-electron chi connectivity index (χ0n) is 16.9. The third kappa shape index (κ3) is 9.65. The van der Waals surface area contributed by atoms with E-state index in [0.717, 1.165) is 51.4 Å². The molecule has 0 aliphatic rings.